The van der Waals surface area contributed by atoms with Crippen LogP contribution in [-0.4, -0.2) is 47.1 Å². The van der Waals surface area contributed by atoms with Crippen molar-refractivity contribution < 1.29 is 10.0 Å². The minimum absolute atomic E-state index is 0.0848. The van der Waals surface area contributed by atoms with Crippen molar-refractivity contribution in [3.05, 3.63) is 82.9 Å². The topological polar surface area (TPSA) is 151 Å². The second kappa shape index (κ2) is 12.3. The first kappa shape index (κ1) is 26.0. The lowest BCUT2D eigenvalue weighted by molar-refractivity contribution is -0.129. The van der Waals surface area contributed by atoms with Crippen LogP contribution in [0.15, 0.2) is 66.0 Å². The summed E-state index contributed by atoms with van der Waals surface area (Å²) in [4.78, 5) is 45.9. The second-order valence-corrected chi connectivity index (χ2v) is 9.26. The van der Waals surface area contributed by atoms with Gasteiger partial charge in [0.2, 0.25) is 5.91 Å². The van der Waals surface area contributed by atoms with Crippen LogP contribution in [0.1, 0.15) is 43.5 Å². The third kappa shape index (κ3) is 5.93. The van der Waals surface area contributed by atoms with Crippen LogP contribution in [0.2, 0.25) is 0 Å². The molecule has 0 unspecified atom stereocenters. The van der Waals surface area contributed by atoms with E-state index in [2.05, 4.69) is 25.3 Å². The van der Waals surface area contributed by atoms with Gasteiger partial charge >= 0.3 is 0 Å². The molecule has 0 bridgehead atoms. The molecule has 39 heavy (non-hydrogen) atoms. The van der Waals surface area contributed by atoms with E-state index >= 15 is 0 Å². The number of hydrogen-bond acceptors (Lipinski definition) is 8. The number of aromatic amines is 1. The molecule has 0 spiro atoms. The molecule has 0 aliphatic heterocycles. The molecular weight excluding hydrogens is 496 g/mol. The number of carbonyl (C=O) groups excluding carboxylic acids is 1. The Morgan fingerprint density at radius 1 is 0.949 bits per heavy atom. The number of unbranched alkanes of at least 4 members (excludes halogenated alkanes) is 2. The van der Waals surface area contributed by atoms with Gasteiger partial charge in [0.05, 0.1) is 22.9 Å². The lowest BCUT2D eigenvalue weighted by Crippen LogP contribution is -2.25. The van der Waals surface area contributed by atoms with Gasteiger partial charge in [0, 0.05) is 19.4 Å². The Morgan fingerprint density at radius 2 is 1.82 bits per heavy atom. The number of fused-ring (bicyclic) bond motifs is 2. The van der Waals surface area contributed by atoms with Gasteiger partial charge in [0.25, 0.3) is 5.56 Å². The maximum absolute atomic E-state index is 14.0. The number of amides is 1. The van der Waals surface area contributed by atoms with Crippen LogP contribution in [0.5, 0.6) is 0 Å². The number of nitrogens with one attached hydrogen (secondary N) is 3. The van der Waals surface area contributed by atoms with Crippen molar-refractivity contribution >= 4 is 33.8 Å². The normalized spacial score (nSPS) is 11.2. The molecule has 11 heteroatoms. The number of nitrogens with zero attached hydrogens (tertiary/aromatic N) is 5. The van der Waals surface area contributed by atoms with Crippen molar-refractivity contribution in [2.75, 3.05) is 11.9 Å². The summed E-state index contributed by atoms with van der Waals surface area (Å²) >= 11 is 0. The molecule has 0 fully saturated rings. The zero-order valence-electron chi connectivity index (χ0n) is 21.4. The number of carbonyl (C=O) groups is 1. The van der Waals surface area contributed by atoms with Crippen LogP contribution >= 0.6 is 0 Å². The predicted molar refractivity (Wildman–Crippen MR) is 148 cm³/mol. The van der Waals surface area contributed by atoms with Crippen LogP contribution in [0.4, 0.5) is 5.82 Å². The molecule has 2 aromatic carbocycles. The number of rotatable bonds is 12. The number of para-hydroxylation sites is 1. The van der Waals surface area contributed by atoms with Gasteiger partial charge in [0.1, 0.15) is 17.7 Å². The van der Waals surface area contributed by atoms with E-state index in [-0.39, 0.29) is 17.9 Å². The van der Waals surface area contributed by atoms with E-state index in [1.807, 2.05) is 48.5 Å². The summed E-state index contributed by atoms with van der Waals surface area (Å²) < 4.78 is 1.72. The molecule has 3 aromatic heterocycles. The average Bonchev–Trinajstić information content (AvgIpc) is 3.45. The van der Waals surface area contributed by atoms with Crippen molar-refractivity contribution in [3.63, 3.8) is 0 Å². The Balaban J connectivity index is 1.37. The van der Waals surface area contributed by atoms with Gasteiger partial charge in [0.15, 0.2) is 11.5 Å². The van der Waals surface area contributed by atoms with Crippen molar-refractivity contribution in [1.29, 1.82) is 0 Å². The molecule has 3 heterocycles. The summed E-state index contributed by atoms with van der Waals surface area (Å²) in [5, 5.41) is 12.6. The summed E-state index contributed by atoms with van der Waals surface area (Å²) in [7, 11) is 0. The van der Waals surface area contributed by atoms with E-state index in [9.17, 15) is 9.59 Å². The highest BCUT2D eigenvalue weighted by Gasteiger charge is 2.16. The fraction of sp³-hybridized carbons (Fsp3) is 0.286. The highest BCUT2D eigenvalue weighted by atomic mass is 16.5. The summed E-state index contributed by atoms with van der Waals surface area (Å²) in [5.41, 5.74) is 5.34. The van der Waals surface area contributed by atoms with Gasteiger partial charge in [-0.15, -0.1) is 0 Å². The minimum atomic E-state index is -0.385. The first-order valence-corrected chi connectivity index (χ1v) is 13.1. The van der Waals surface area contributed by atoms with Gasteiger partial charge in [-0.3, -0.25) is 19.4 Å². The Hall–Kier alpha value is -4.64. The lowest BCUT2D eigenvalue weighted by atomic mass is 10.0. The maximum Gasteiger partial charge on any atom is 0.266 e. The smallest absolute Gasteiger partial charge is 0.266 e. The van der Waals surface area contributed by atoms with Gasteiger partial charge in [-0.2, -0.15) is 0 Å². The Labute approximate surface area is 224 Å². The zero-order chi connectivity index (χ0) is 27.0. The number of aryl methyl sites for hydroxylation is 2. The number of H-pyrrole nitrogens is 1. The molecule has 1 amide bonds. The van der Waals surface area contributed by atoms with Crippen LogP contribution in [0, 0.1) is 0 Å². The molecule has 0 saturated carbocycles. The Kier molecular flexibility index (Phi) is 8.18. The third-order valence-electron chi connectivity index (χ3n) is 6.63. The highest BCUT2D eigenvalue weighted by Crippen LogP contribution is 2.20. The molecular formula is C28H30N8O3. The van der Waals surface area contributed by atoms with Crippen molar-refractivity contribution in [1.82, 2.24) is 35.0 Å². The highest BCUT2D eigenvalue weighted by molar-refractivity contribution is 5.82. The van der Waals surface area contributed by atoms with Crippen LogP contribution < -0.4 is 16.4 Å². The van der Waals surface area contributed by atoms with Gasteiger partial charge < -0.3 is 10.3 Å². The predicted octanol–water partition coefficient (Wildman–Crippen LogP) is 3.71. The first-order chi connectivity index (χ1) is 19.2. The fourth-order valence-corrected chi connectivity index (χ4v) is 4.75. The van der Waals surface area contributed by atoms with Crippen molar-refractivity contribution in [3.8, 4) is 5.69 Å². The Bertz CT molecular complexity index is 1630. The van der Waals surface area contributed by atoms with E-state index in [0.717, 1.165) is 30.5 Å². The van der Waals surface area contributed by atoms with E-state index in [1.54, 1.807) is 16.4 Å². The number of imidazole rings is 1. The molecule has 0 aliphatic rings. The SMILES string of the molecule is O=C(CCCCCc1cccc2nc(CCCNc3ncnc4[nH]cnc34)n(-c3ccccc3)c(=O)c12)NO. The van der Waals surface area contributed by atoms with Crippen LogP contribution in [-0.2, 0) is 17.6 Å². The van der Waals surface area contributed by atoms with Gasteiger partial charge in [-0.25, -0.2) is 25.4 Å². The quantitative estimate of drug-likeness (QED) is 0.109. The maximum atomic E-state index is 14.0. The zero-order valence-corrected chi connectivity index (χ0v) is 21.4. The number of anilines is 1. The van der Waals surface area contributed by atoms with Crippen LogP contribution in [0.25, 0.3) is 27.8 Å². The van der Waals surface area contributed by atoms with Gasteiger partial charge in [-0.1, -0.05) is 36.8 Å². The number of aromatic nitrogens is 6. The number of hydroxylamine groups is 1. The van der Waals surface area contributed by atoms with E-state index in [1.165, 1.54) is 6.33 Å². The van der Waals surface area contributed by atoms with E-state index < -0.39 is 0 Å². The molecule has 4 N–H and O–H groups in total. The van der Waals surface area contributed by atoms with E-state index in [0.29, 0.717) is 59.5 Å². The summed E-state index contributed by atoms with van der Waals surface area (Å²) in [6.07, 6.45) is 7.66. The van der Waals surface area contributed by atoms with Crippen molar-refractivity contribution in [2.24, 2.45) is 0 Å². The molecule has 0 aliphatic carbocycles. The molecule has 200 valence electrons. The Morgan fingerprint density at radius 3 is 2.67 bits per heavy atom. The summed E-state index contributed by atoms with van der Waals surface area (Å²) in [6, 6.07) is 15.4. The van der Waals surface area contributed by atoms with E-state index in [4.69, 9.17) is 10.2 Å². The van der Waals surface area contributed by atoms with Crippen molar-refractivity contribution in [2.45, 2.75) is 44.9 Å². The minimum Gasteiger partial charge on any atom is -0.368 e. The van der Waals surface area contributed by atoms with Gasteiger partial charge in [-0.05, 0) is 49.4 Å². The molecule has 5 rings (SSSR count). The first-order valence-electron chi connectivity index (χ1n) is 13.1. The lowest BCUT2D eigenvalue weighted by Gasteiger charge is -2.15. The monoisotopic (exact) mass is 526 g/mol. The fourth-order valence-electron chi connectivity index (χ4n) is 4.75. The average molecular weight is 527 g/mol. The number of hydrogen-bond donors (Lipinski definition) is 4. The molecule has 0 saturated heterocycles. The summed E-state index contributed by atoms with van der Waals surface area (Å²) in [6.45, 7) is 0.621. The second-order valence-electron chi connectivity index (χ2n) is 9.26. The van der Waals surface area contributed by atoms with Crippen LogP contribution in [0.3, 0.4) is 0 Å². The summed E-state index contributed by atoms with van der Waals surface area (Å²) in [5.74, 6) is 0.972. The molecule has 11 nitrogen and oxygen atoms in total. The standard InChI is InChI=1S/C28H30N8O3/c37-23(35-39)15-6-1-3-9-19-10-7-13-21-24(19)28(38)36(20-11-4-2-5-12-20)22(34-21)14-8-16-29-26-25-27(31-17-30-25)33-18-32-26/h2,4-5,7,10-13,17-18,39H,1,3,6,8-9,14-16H2,(H,35,37)(H2,29,30,31,32,33). The molecule has 5 aromatic rings. The number of benzene rings is 2. The largest absolute Gasteiger partial charge is 0.368 e. The molecule has 0 atom stereocenters. The molecule has 0 radical (unpaired) electrons. The third-order valence-corrected chi connectivity index (χ3v) is 6.63.